The zero-order chi connectivity index (χ0) is 17.1. The van der Waals surface area contributed by atoms with Gasteiger partial charge < -0.3 is 19.3 Å². The van der Waals surface area contributed by atoms with E-state index >= 15 is 0 Å². The summed E-state index contributed by atoms with van der Waals surface area (Å²) in [6.45, 7) is 1.89. The smallest absolute Gasteiger partial charge is 0.313 e. The molecule has 1 N–H and O–H groups in total. The average Bonchev–Trinajstić information content (AvgIpc) is 2.84. The van der Waals surface area contributed by atoms with Crippen LogP contribution >= 0.6 is 0 Å². The molecule has 0 bridgehead atoms. The molecule has 2 unspecified atom stereocenters. The predicted octanol–water partition coefficient (Wildman–Crippen LogP) is 0.568. The Morgan fingerprint density at radius 3 is 2.36 bits per heavy atom. The molecule has 0 spiro atoms. The van der Waals surface area contributed by atoms with Gasteiger partial charge in [-0.3, -0.25) is 19.2 Å². The summed E-state index contributed by atoms with van der Waals surface area (Å²) in [4.78, 5) is 42.6. The van der Waals surface area contributed by atoms with Crippen molar-refractivity contribution in [1.29, 1.82) is 0 Å². The maximum atomic E-state index is 11.2. The number of hydrogen-bond acceptors (Lipinski definition) is 7. The molecule has 0 saturated carbocycles. The number of cyclic esters (lactones) is 1. The number of carboxylic acid groups (broad SMARTS) is 1. The van der Waals surface area contributed by atoms with Crippen molar-refractivity contribution in [3.8, 4) is 0 Å². The molecular weight excluding hydrogens is 296 g/mol. The van der Waals surface area contributed by atoms with E-state index in [-0.39, 0.29) is 43.2 Å². The fourth-order valence-electron chi connectivity index (χ4n) is 1.61. The van der Waals surface area contributed by atoms with Crippen LogP contribution in [0.4, 0.5) is 0 Å². The quantitative estimate of drug-likeness (QED) is 0.535. The van der Waals surface area contributed by atoms with Crippen molar-refractivity contribution in [2.24, 2.45) is 5.92 Å². The van der Waals surface area contributed by atoms with Crippen LogP contribution in [-0.2, 0) is 33.4 Å². The summed E-state index contributed by atoms with van der Waals surface area (Å²) < 4.78 is 13.8. The Balaban J connectivity index is 0.000000472. The minimum absolute atomic E-state index is 0.112. The summed E-state index contributed by atoms with van der Waals surface area (Å²) in [5.41, 5.74) is 0. The number of carbonyl (C=O) groups excluding carboxylic acids is 3. The summed E-state index contributed by atoms with van der Waals surface area (Å²) in [5.74, 6) is -2.29. The van der Waals surface area contributed by atoms with Crippen molar-refractivity contribution in [3.63, 3.8) is 0 Å². The molecule has 0 aromatic heterocycles. The van der Waals surface area contributed by atoms with E-state index in [2.05, 4.69) is 9.47 Å². The number of Topliss-reactive ketones (excluding diaryl/α,β-unsaturated/α-hetero) is 1. The standard InChI is InChI=1S/C9H12O5.C5H10O3/c1-13-9(12)5-6(10)4-7-2-3-8(11)14-7;1-4(3-8-2)5(6)7/h7H,2-5H2,1H3;4H,3H2,1-2H3,(H,6,7). The highest BCUT2D eigenvalue weighted by Gasteiger charge is 2.26. The molecule has 1 fully saturated rings. The van der Waals surface area contributed by atoms with E-state index in [1.54, 1.807) is 6.92 Å². The van der Waals surface area contributed by atoms with Gasteiger partial charge in [0.2, 0.25) is 0 Å². The third-order valence-electron chi connectivity index (χ3n) is 2.83. The summed E-state index contributed by atoms with van der Waals surface area (Å²) in [5, 5.41) is 8.23. The van der Waals surface area contributed by atoms with E-state index in [1.807, 2.05) is 0 Å². The third-order valence-corrected chi connectivity index (χ3v) is 2.83. The third kappa shape index (κ3) is 9.06. The van der Waals surface area contributed by atoms with Crippen LogP contribution in [0.5, 0.6) is 0 Å². The number of methoxy groups -OCH3 is 2. The second-order valence-corrected chi connectivity index (χ2v) is 4.84. The van der Waals surface area contributed by atoms with Gasteiger partial charge in [0.05, 0.1) is 19.6 Å². The van der Waals surface area contributed by atoms with E-state index in [0.717, 1.165) is 0 Å². The molecule has 1 aliphatic rings. The number of hydrogen-bond donors (Lipinski definition) is 1. The first kappa shape index (κ1) is 20.0. The molecule has 1 saturated heterocycles. The number of carbonyl (C=O) groups is 4. The molecular formula is C14H22O8. The highest BCUT2D eigenvalue weighted by atomic mass is 16.5. The maximum Gasteiger partial charge on any atom is 0.313 e. The van der Waals surface area contributed by atoms with Crippen molar-refractivity contribution < 1.29 is 38.5 Å². The van der Waals surface area contributed by atoms with Gasteiger partial charge in [-0.15, -0.1) is 0 Å². The van der Waals surface area contributed by atoms with Gasteiger partial charge in [0.1, 0.15) is 18.3 Å². The number of aliphatic carboxylic acids is 1. The number of carboxylic acids is 1. The summed E-state index contributed by atoms with van der Waals surface area (Å²) in [6.07, 6.45) is 0.437. The van der Waals surface area contributed by atoms with Crippen LogP contribution in [0, 0.1) is 5.92 Å². The number of ether oxygens (including phenoxy) is 3. The molecule has 2 atom stereocenters. The molecule has 8 heteroatoms. The van der Waals surface area contributed by atoms with Crippen LogP contribution < -0.4 is 0 Å². The molecule has 8 nitrogen and oxygen atoms in total. The van der Waals surface area contributed by atoms with Crippen LogP contribution in [0.1, 0.15) is 32.6 Å². The van der Waals surface area contributed by atoms with E-state index in [9.17, 15) is 19.2 Å². The van der Waals surface area contributed by atoms with Crippen LogP contribution in [0.25, 0.3) is 0 Å². The molecule has 0 amide bonds. The summed E-state index contributed by atoms with van der Waals surface area (Å²) in [6, 6.07) is 0. The lowest BCUT2D eigenvalue weighted by molar-refractivity contribution is -0.145. The predicted molar refractivity (Wildman–Crippen MR) is 74.0 cm³/mol. The zero-order valence-corrected chi connectivity index (χ0v) is 13.0. The second kappa shape index (κ2) is 10.7. The lowest BCUT2D eigenvalue weighted by Gasteiger charge is -2.06. The van der Waals surface area contributed by atoms with Crippen LogP contribution in [0.15, 0.2) is 0 Å². The lowest BCUT2D eigenvalue weighted by atomic mass is 10.1. The Morgan fingerprint density at radius 1 is 1.36 bits per heavy atom. The first-order chi connectivity index (χ1) is 10.3. The maximum absolute atomic E-state index is 11.2. The molecule has 126 valence electrons. The first-order valence-electron chi connectivity index (χ1n) is 6.79. The molecule has 1 rings (SSSR count). The Labute approximate surface area is 128 Å². The number of esters is 2. The van der Waals surface area contributed by atoms with Gasteiger partial charge in [-0.25, -0.2) is 0 Å². The second-order valence-electron chi connectivity index (χ2n) is 4.84. The first-order valence-corrected chi connectivity index (χ1v) is 6.79. The topological polar surface area (TPSA) is 116 Å². The van der Waals surface area contributed by atoms with Crippen molar-refractivity contribution in [2.45, 2.75) is 38.7 Å². The van der Waals surface area contributed by atoms with Crippen LogP contribution in [-0.4, -0.2) is 55.7 Å². The molecule has 22 heavy (non-hydrogen) atoms. The van der Waals surface area contributed by atoms with E-state index in [1.165, 1.54) is 14.2 Å². The van der Waals surface area contributed by atoms with Gasteiger partial charge in [0.25, 0.3) is 0 Å². The van der Waals surface area contributed by atoms with Crippen LogP contribution in [0.2, 0.25) is 0 Å². The highest BCUT2D eigenvalue weighted by Crippen LogP contribution is 2.17. The Kier molecular flexibility index (Phi) is 9.77. The van der Waals surface area contributed by atoms with Gasteiger partial charge in [0, 0.05) is 20.0 Å². The molecule has 0 aliphatic carbocycles. The van der Waals surface area contributed by atoms with E-state index < -0.39 is 11.9 Å². The minimum atomic E-state index is -0.813. The summed E-state index contributed by atoms with van der Waals surface area (Å²) >= 11 is 0. The van der Waals surface area contributed by atoms with Crippen LogP contribution in [0.3, 0.4) is 0 Å². The molecule has 0 radical (unpaired) electrons. The summed E-state index contributed by atoms with van der Waals surface area (Å²) in [7, 11) is 2.71. The monoisotopic (exact) mass is 318 g/mol. The van der Waals surface area contributed by atoms with Crippen molar-refractivity contribution in [1.82, 2.24) is 0 Å². The van der Waals surface area contributed by atoms with Gasteiger partial charge in [-0.2, -0.15) is 0 Å². The van der Waals surface area contributed by atoms with Gasteiger partial charge in [0.15, 0.2) is 0 Å². The molecule has 1 heterocycles. The fraction of sp³-hybridized carbons (Fsp3) is 0.714. The van der Waals surface area contributed by atoms with Gasteiger partial charge in [-0.1, -0.05) is 0 Å². The Morgan fingerprint density at radius 2 is 2.00 bits per heavy atom. The van der Waals surface area contributed by atoms with Gasteiger partial charge >= 0.3 is 17.9 Å². The van der Waals surface area contributed by atoms with Crippen molar-refractivity contribution in [2.75, 3.05) is 20.8 Å². The highest BCUT2D eigenvalue weighted by molar-refractivity contribution is 5.95. The van der Waals surface area contributed by atoms with E-state index in [4.69, 9.17) is 9.84 Å². The SMILES string of the molecule is COC(=O)CC(=O)CC1CCC(=O)O1.COCC(C)C(=O)O. The fourth-order valence-corrected chi connectivity index (χ4v) is 1.61. The number of ketones is 1. The number of rotatable bonds is 7. The molecule has 0 aromatic carbocycles. The molecule has 0 aromatic rings. The average molecular weight is 318 g/mol. The van der Waals surface area contributed by atoms with E-state index in [0.29, 0.717) is 12.8 Å². The minimum Gasteiger partial charge on any atom is -0.481 e. The molecule has 1 aliphatic heterocycles. The normalized spacial score (nSPS) is 17.8. The Bertz CT molecular complexity index is 404. The lowest BCUT2D eigenvalue weighted by Crippen LogP contribution is -2.16. The van der Waals surface area contributed by atoms with Crippen molar-refractivity contribution in [3.05, 3.63) is 0 Å². The van der Waals surface area contributed by atoms with Crippen molar-refractivity contribution >= 4 is 23.7 Å². The Hall–Kier alpha value is -1.96. The zero-order valence-electron chi connectivity index (χ0n) is 13.0. The van der Waals surface area contributed by atoms with Gasteiger partial charge in [-0.05, 0) is 13.3 Å². The largest absolute Gasteiger partial charge is 0.481 e.